The van der Waals surface area contributed by atoms with E-state index in [1.54, 1.807) is 0 Å². The minimum absolute atomic E-state index is 0.0766. The molecule has 0 aromatic heterocycles. The zero-order valence-electron chi connectivity index (χ0n) is 11.1. The van der Waals surface area contributed by atoms with E-state index in [9.17, 15) is 19.7 Å². The van der Waals surface area contributed by atoms with Gasteiger partial charge in [-0.25, -0.2) is 0 Å². The molecular weight excluding hydrogens is 296 g/mol. The molecule has 1 amide bonds. The molecule has 1 fully saturated rings. The molecule has 0 bridgehead atoms. The first-order valence-electron chi connectivity index (χ1n) is 6.26. The minimum atomic E-state index is -0.855. The molecule has 1 aromatic rings. The molecule has 1 aliphatic carbocycles. The Balaban J connectivity index is 2.15. The van der Waals surface area contributed by atoms with Crippen LogP contribution in [0.5, 0.6) is 0 Å². The Labute approximate surface area is 124 Å². The third-order valence-electron chi connectivity index (χ3n) is 3.46. The van der Waals surface area contributed by atoms with Crippen molar-refractivity contribution in [3.63, 3.8) is 0 Å². The second-order valence-corrected chi connectivity index (χ2v) is 6.18. The number of aliphatic carboxylic acids is 1. The van der Waals surface area contributed by atoms with Gasteiger partial charge in [0.2, 0.25) is 5.91 Å². The Bertz CT molecular complexity index is 613. The average Bonchev–Trinajstić information content (AvgIpc) is 3.15. The number of nitro groups is 1. The van der Waals surface area contributed by atoms with Crippen LogP contribution >= 0.6 is 11.8 Å². The van der Waals surface area contributed by atoms with E-state index in [2.05, 4.69) is 0 Å². The molecule has 7 nitrogen and oxygen atoms in total. The van der Waals surface area contributed by atoms with Gasteiger partial charge >= 0.3 is 5.97 Å². The van der Waals surface area contributed by atoms with Crippen LogP contribution in [0.25, 0.3) is 0 Å². The van der Waals surface area contributed by atoms with E-state index in [-0.39, 0.29) is 23.1 Å². The van der Waals surface area contributed by atoms with Gasteiger partial charge in [-0.2, -0.15) is 0 Å². The van der Waals surface area contributed by atoms with Crippen molar-refractivity contribution in [2.24, 2.45) is 11.1 Å². The number of carbonyl (C=O) groups excluding carboxylic acids is 1. The fraction of sp³-hybridized carbons (Fsp3) is 0.385. The molecule has 112 valence electrons. The number of amides is 1. The topological polar surface area (TPSA) is 124 Å². The Morgan fingerprint density at radius 2 is 2.10 bits per heavy atom. The van der Waals surface area contributed by atoms with Gasteiger partial charge in [0.05, 0.1) is 16.2 Å². The first-order valence-corrected chi connectivity index (χ1v) is 7.24. The molecule has 0 atom stereocenters. The molecule has 0 saturated heterocycles. The lowest BCUT2D eigenvalue weighted by atomic mass is 10.1. The van der Waals surface area contributed by atoms with Crippen LogP contribution in [0.15, 0.2) is 23.1 Å². The molecule has 21 heavy (non-hydrogen) atoms. The van der Waals surface area contributed by atoms with Gasteiger partial charge in [0, 0.05) is 17.4 Å². The number of nitro benzene ring substituents is 1. The number of carbonyl (C=O) groups is 2. The number of hydrogen-bond donors (Lipinski definition) is 2. The number of nitrogens with zero attached hydrogens (tertiary/aromatic N) is 1. The molecule has 1 aromatic carbocycles. The Morgan fingerprint density at radius 1 is 1.43 bits per heavy atom. The number of rotatable bonds is 7. The van der Waals surface area contributed by atoms with E-state index in [0.29, 0.717) is 10.6 Å². The zero-order valence-corrected chi connectivity index (χ0v) is 11.9. The first-order chi connectivity index (χ1) is 9.83. The number of nitrogens with two attached hydrogens (primary N) is 1. The van der Waals surface area contributed by atoms with Crippen molar-refractivity contribution in [3.8, 4) is 0 Å². The van der Waals surface area contributed by atoms with Crippen molar-refractivity contribution in [3.05, 3.63) is 33.9 Å². The summed E-state index contributed by atoms with van der Waals surface area (Å²) < 4.78 is 0. The molecule has 0 heterocycles. The van der Waals surface area contributed by atoms with Crippen molar-refractivity contribution in [1.29, 1.82) is 0 Å². The molecule has 2 rings (SSSR count). The summed E-state index contributed by atoms with van der Waals surface area (Å²) >= 11 is 1.25. The number of primary amides is 1. The van der Waals surface area contributed by atoms with Crippen molar-refractivity contribution in [2.45, 2.75) is 24.2 Å². The molecule has 0 aliphatic heterocycles. The van der Waals surface area contributed by atoms with Crippen LogP contribution in [-0.4, -0.2) is 27.7 Å². The lowest BCUT2D eigenvalue weighted by Crippen LogP contribution is -2.12. The highest BCUT2D eigenvalue weighted by Crippen LogP contribution is 2.52. The van der Waals surface area contributed by atoms with Crippen molar-refractivity contribution >= 4 is 29.3 Å². The summed E-state index contributed by atoms with van der Waals surface area (Å²) in [5.74, 6) is -1.07. The second kappa shape index (κ2) is 5.72. The predicted octanol–water partition coefficient (Wildman–Crippen LogP) is 2.04. The van der Waals surface area contributed by atoms with Crippen molar-refractivity contribution in [1.82, 2.24) is 0 Å². The van der Waals surface area contributed by atoms with Gasteiger partial charge in [-0.15, -0.1) is 11.8 Å². The van der Waals surface area contributed by atoms with E-state index in [4.69, 9.17) is 10.8 Å². The minimum Gasteiger partial charge on any atom is -0.481 e. The summed E-state index contributed by atoms with van der Waals surface area (Å²) in [6.07, 6.45) is 1.71. The van der Waals surface area contributed by atoms with E-state index in [1.807, 2.05) is 0 Å². The van der Waals surface area contributed by atoms with E-state index < -0.39 is 16.8 Å². The van der Waals surface area contributed by atoms with Gasteiger partial charge < -0.3 is 10.8 Å². The van der Waals surface area contributed by atoms with Gasteiger partial charge in [-0.05, 0) is 30.4 Å². The quantitative estimate of drug-likeness (QED) is 0.451. The first kappa shape index (κ1) is 15.3. The molecule has 8 heteroatoms. The molecular formula is C13H14N2O5S. The smallest absolute Gasteiger partial charge is 0.303 e. The number of thioether (sulfide) groups is 1. The zero-order chi connectivity index (χ0) is 15.6. The van der Waals surface area contributed by atoms with Gasteiger partial charge in [0.25, 0.3) is 5.69 Å². The fourth-order valence-corrected chi connectivity index (χ4v) is 3.33. The number of hydrogen-bond acceptors (Lipinski definition) is 5. The SMILES string of the molecule is NC(=O)c1ccc(SCC2(CC(=O)O)CC2)c([N+](=O)[O-])c1. The molecule has 0 radical (unpaired) electrons. The average molecular weight is 310 g/mol. The summed E-state index contributed by atoms with van der Waals surface area (Å²) in [5, 5.41) is 19.9. The van der Waals surface area contributed by atoms with E-state index in [1.165, 1.54) is 23.9 Å². The maximum Gasteiger partial charge on any atom is 0.303 e. The Kier molecular flexibility index (Phi) is 4.17. The number of carboxylic acid groups (broad SMARTS) is 1. The Morgan fingerprint density at radius 3 is 2.57 bits per heavy atom. The van der Waals surface area contributed by atoms with Crippen LogP contribution in [0, 0.1) is 15.5 Å². The number of benzene rings is 1. The van der Waals surface area contributed by atoms with E-state index >= 15 is 0 Å². The summed E-state index contributed by atoms with van der Waals surface area (Å²) in [6.45, 7) is 0. The third kappa shape index (κ3) is 3.72. The van der Waals surface area contributed by atoms with Crippen LogP contribution in [0.4, 0.5) is 5.69 Å². The van der Waals surface area contributed by atoms with Gasteiger partial charge in [-0.3, -0.25) is 19.7 Å². The largest absolute Gasteiger partial charge is 0.481 e. The molecule has 0 unspecified atom stereocenters. The molecule has 1 saturated carbocycles. The van der Waals surface area contributed by atoms with Crippen LogP contribution in [0.2, 0.25) is 0 Å². The van der Waals surface area contributed by atoms with Crippen LogP contribution in [-0.2, 0) is 4.79 Å². The lowest BCUT2D eigenvalue weighted by Gasteiger charge is -2.12. The van der Waals surface area contributed by atoms with Crippen LogP contribution in [0.3, 0.4) is 0 Å². The highest BCUT2D eigenvalue weighted by atomic mass is 32.2. The van der Waals surface area contributed by atoms with Crippen LogP contribution in [0.1, 0.15) is 29.6 Å². The second-order valence-electron chi connectivity index (χ2n) is 5.16. The highest BCUT2D eigenvalue weighted by molar-refractivity contribution is 7.99. The Hall–Kier alpha value is -2.09. The fourth-order valence-electron chi connectivity index (χ4n) is 2.04. The normalized spacial score (nSPS) is 15.4. The van der Waals surface area contributed by atoms with Gasteiger partial charge in [0.1, 0.15) is 0 Å². The maximum absolute atomic E-state index is 11.1. The maximum atomic E-state index is 11.1. The molecule has 0 spiro atoms. The molecule has 3 N–H and O–H groups in total. The van der Waals surface area contributed by atoms with Crippen molar-refractivity contribution in [2.75, 3.05) is 5.75 Å². The van der Waals surface area contributed by atoms with Crippen molar-refractivity contribution < 1.29 is 19.6 Å². The summed E-state index contributed by atoms with van der Waals surface area (Å²) in [4.78, 5) is 32.8. The van der Waals surface area contributed by atoms with E-state index in [0.717, 1.165) is 18.9 Å². The summed E-state index contributed by atoms with van der Waals surface area (Å²) in [6, 6.07) is 4.08. The van der Waals surface area contributed by atoms with Gasteiger partial charge in [-0.1, -0.05) is 0 Å². The number of carboxylic acids is 1. The highest BCUT2D eigenvalue weighted by Gasteiger charge is 2.44. The predicted molar refractivity (Wildman–Crippen MR) is 76.3 cm³/mol. The summed E-state index contributed by atoms with van der Waals surface area (Å²) in [7, 11) is 0. The standard InChI is InChI=1S/C13H14N2O5S/c14-12(18)8-1-2-10(9(5-8)15(19)20)21-7-13(3-4-13)6-11(16)17/h1-2,5H,3-4,6-7H2,(H2,14,18)(H,16,17). The third-order valence-corrected chi connectivity index (χ3v) is 4.87. The van der Waals surface area contributed by atoms with Crippen LogP contribution < -0.4 is 5.73 Å². The van der Waals surface area contributed by atoms with Gasteiger partial charge in [0.15, 0.2) is 0 Å². The lowest BCUT2D eigenvalue weighted by molar-refractivity contribution is -0.387. The summed E-state index contributed by atoms with van der Waals surface area (Å²) in [5.41, 5.74) is 4.75. The molecule has 1 aliphatic rings. The monoisotopic (exact) mass is 310 g/mol.